The molecule has 0 bridgehead atoms. The SMILES string of the molecule is CCOC(=O)COc1cccc(NC(=O)c2sc3ccccc3c2Cl)c1. The zero-order valence-corrected chi connectivity index (χ0v) is 15.5. The van der Waals surface area contributed by atoms with Gasteiger partial charge in [-0.15, -0.1) is 11.3 Å². The third-order valence-corrected chi connectivity index (χ3v) is 5.17. The van der Waals surface area contributed by atoms with Crippen LogP contribution in [0.15, 0.2) is 48.5 Å². The summed E-state index contributed by atoms with van der Waals surface area (Å²) in [7, 11) is 0. The van der Waals surface area contributed by atoms with Crippen LogP contribution in [0.1, 0.15) is 16.6 Å². The maximum absolute atomic E-state index is 12.6. The first-order valence-electron chi connectivity index (χ1n) is 7.95. The zero-order valence-electron chi connectivity index (χ0n) is 14.0. The second-order valence-corrected chi connectivity index (χ2v) is 6.75. The molecule has 0 unspecified atom stereocenters. The van der Waals surface area contributed by atoms with E-state index in [0.717, 1.165) is 10.1 Å². The Bertz CT molecular complexity index is 954. The fourth-order valence-electron chi connectivity index (χ4n) is 2.36. The van der Waals surface area contributed by atoms with Crippen LogP contribution >= 0.6 is 22.9 Å². The van der Waals surface area contributed by atoms with Crippen molar-refractivity contribution in [1.29, 1.82) is 0 Å². The fourth-order valence-corrected chi connectivity index (χ4v) is 3.77. The van der Waals surface area contributed by atoms with Crippen molar-refractivity contribution in [3.63, 3.8) is 0 Å². The van der Waals surface area contributed by atoms with E-state index in [9.17, 15) is 9.59 Å². The molecule has 0 fully saturated rings. The number of amides is 1. The van der Waals surface area contributed by atoms with Crippen LogP contribution in [0, 0.1) is 0 Å². The summed E-state index contributed by atoms with van der Waals surface area (Å²) in [5, 5.41) is 4.10. The van der Waals surface area contributed by atoms with Crippen molar-refractivity contribution in [2.75, 3.05) is 18.5 Å². The number of rotatable bonds is 6. The molecule has 0 atom stereocenters. The van der Waals surface area contributed by atoms with E-state index in [1.807, 2.05) is 24.3 Å². The van der Waals surface area contributed by atoms with Crippen molar-refractivity contribution in [2.24, 2.45) is 0 Å². The minimum atomic E-state index is -0.445. The number of hydrogen-bond acceptors (Lipinski definition) is 5. The Kier molecular flexibility index (Phi) is 5.75. The molecule has 134 valence electrons. The Balaban J connectivity index is 1.72. The average molecular weight is 390 g/mol. The fraction of sp³-hybridized carbons (Fsp3) is 0.158. The van der Waals surface area contributed by atoms with Crippen LogP contribution in [0.4, 0.5) is 5.69 Å². The second-order valence-electron chi connectivity index (χ2n) is 5.32. The van der Waals surface area contributed by atoms with Crippen molar-refractivity contribution in [3.05, 3.63) is 58.4 Å². The molecule has 0 spiro atoms. The highest BCUT2D eigenvalue weighted by molar-refractivity contribution is 7.21. The third kappa shape index (κ3) is 4.15. The van der Waals surface area contributed by atoms with Crippen LogP contribution in [0.2, 0.25) is 5.02 Å². The number of ether oxygens (including phenoxy) is 2. The maximum atomic E-state index is 12.6. The van der Waals surface area contributed by atoms with E-state index in [-0.39, 0.29) is 12.5 Å². The Hall–Kier alpha value is -2.57. The summed E-state index contributed by atoms with van der Waals surface area (Å²) >= 11 is 7.68. The van der Waals surface area contributed by atoms with E-state index in [1.54, 1.807) is 31.2 Å². The monoisotopic (exact) mass is 389 g/mol. The van der Waals surface area contributed by atoms with E-state index in [4.69, 9.17) is 21.1 Å². The van der Waals surface area contributed by atoms with Gasteiger partial charge < -0.3 is 14.8 Å². The summed E-state index contributed by atoms with van der Waals surface area (Å²) in [6, 6.07) is 14.4. The molecule has 0 saturated carbocycles. The van der Waals surface area contributed by atoms with Crippen molar-refractivity contribution in [1.82, 2.24) is 0 Å². The van der Waals surface area contributed by atoms with Crippen LogP contribution in [-0.2, 0) is 9.53 Å². The van der Waals surface area contributed by atoms with Gasteiger partial charge in [0.25, 0.3) is 5.91 Å². The number of anilines is 1. The maximum Gasteiger partial charge on any atom is 0.344 e. The summed E-state index contributed by atoms with van der Waals surface area (Å²) in [6.07, 6.45) is 0. The van der Waals surface area contributed by atoms with Gasteiger partial charge in [-0.2, -0.15) is 0 Å². The molecule has 7 heteroatoms. The summed E-state index contributed by atoms with van der Waals surface area (Å²) in [6.45, 7) is 1.84. The molecule has 1 heterocycles. The van der Waals surface area contributed by atoms with Crippen LogP contribution in [0.3, 0.4) is 0 Å². The number of nitrogens with one attached hydrogen (secondary N) is 1. The number of hydrogen-bond donors (Lipinski definition) is 1. The average Bonchev–Trinajstić information content (AvgIpc) is 2.98. The molecule has 1 aromatic heterocycles. The van der Waals surface area contributed by atoms with E-state index in [2.05, 4.69) is 5.32 Å². The Labute approximate surface area is 159 Å². The van der Waals surface area contributed by atoms with Gasteiger partial charge in [0.1, 0.15) is 10.6 Å². The molecule has 0 aliphatic rings. The summed E-state index contributed by atoms with van der Waals surface area (Å²) in [4.78, 5) is 24.4. The highest BCUT2D eigenvalue weighted by atomic mass is 35.5. The number of halogens is 1. The number of benzene rings is 2. The minimum Gasteiger partial charge on any atom is -0.482 e. The van der Waals surface area contributed by atoms with Crippen molar-refractivity contribution in [3.8, 4) is 5.75 Å². The molecular weight excluding hydrogens is 374 g/mol. The van der Waals surface area contributed by atoms with Gasteiger partial charge in [0.2, 0.25) is 0 Å². The van der Waals surface area contributed by atoms with E-state index < -0.39 is 5.97 Å². The lowest BCUT2D eigenvalue weighted by atomic mass is 10.2. The zero-order chi connectivity index (χ0) is 18.5. The number of thiophene rings is 1. The predicted octanol–water partition coefficient (Wildman–Crippen LogP) is 4.75. The van der Waals surface area contributed by atoms with Gasteiger partial charge in [0, 0.05) is 21.8 Å². The van der Waals surface area contributed by atoms with Gasteiger partial charge >= 0.3 is 5.97 Å². The largest absolute Gasteiger partial charge is 0.482 e. The van der Waals surface area contributed by atoms with Crippen LogP contribution in [-0.4, -0.2) is 25.1 Å². The molecule has 5 nitrogen and oxygen atoms in total. The quantitative estimate of drug-likeness (QED) is 0.618. The molecule has 0 aliphatic heterocycles. The third-order valence-electron chi connectivity index (χ3n) is 3.50. The van der Waals surface area contributed by atoms with Crippen LogP contribution in [0.25, 0.3) is 10.1 Å². The summed E-state index contributed by atoms with van der Waals surface area (Å²) in [5.41, 5.74) is 0.546. The topological polar surface area (TPSA) is 64.6 Å². The molecule has 1 amide bonds. The van der Waals surface area contributed by atoms with Gasteiger partial charge in [0.05, 0.1) is 11.6 Å². The molecule has 0 radical (unpaired) electrons. The van der Waals surface area contributed by atoms with E-state index >= 15 is 0 Å². The van der Waals surface area contributed by atoms with Gasteiger partial charge in [-0.05, 0) is 25.1 Å². The molecule has 1 N–H and O–H groups in total. The van der Waals surface area contributed by atoms with Gasteiger partial charge in [-0.1, -0.05) is 35.9 Å². The molecule has 2 aromatic carbocycles. The highest BCUT2D eigenvalue weighted by Crippen LogP contribution is 2.35. The van der Waals surface area contributed by atoms with Crippen LogP contribution < -0.4 is 10.1 Å². The molecule has 0 aliphatic carbocycles. The predicted molar refractivity (Wildman–Crippen MR) is 103 cm³/mol. The van der Waals surface area contributed by atoms with Crippen molar-refractivity contribution >= 4 is 50.6 Å². The van der Waals surface area contributed by atoms with E-state index in [1.165, 1.54) is 11.3 Å². The van der Waals surface area contributed by atoms with Crippen molar-refractivity contribution < 1.29 is 19.1 Å². The van der Waals surface area contributed by atoms with Gasteiger partial charge in [0.15, 0.2) is 6.61 Å². The summed E-state index contributed by atoms with van der Waals surface area (Å²) in [5.74, 6) is -0.281. The van der Waals surface area contributed by atoms with Gasteiger partial charge in [-0.3, -0.25) is 4.79 Å². The Morgan fingerprint density at radius 3 is 2.73 bits per heavy atom. The number of fused-ring (bicyclic) bond motifs is 1. The minimum absolute atomic E-state index is 0.187. The summed E-state index contributed by atoms with van der Waals surface area (Å²) < 4.78 is 11.1. The molecule has 0 saturated heterocycles. The molecular formula is C19H16ClNO4S. The number of carbonyl (C=O) groups is 2. The molecule has 26 heavy (non-hydrogen) atoms. The molecule has 3 aromatic rings. The first kappa shape index (κ1) is 18.2. The standard InChI is InChI=1S/C19H16ClNO4S/c1-2-24-16(22)11-25-13-7-5-6-12(10-13)21-19(23)18-17(20)14-8-3-4-9-15(14)26-18/h3-10H,2,11H2,1H3,(H,21,23). The van der Waals surface area contributed by atoms with Gasteiger partial charge in [-0.25, -0.2) is 4.79 Å². The first-order chi connectivity index (χ1) is 12.6. The Morgan fingerprint density at radius 2 is 1.96 bits per heavy atom. The smallest absolute Gasteiger partial charge is 0.344 e. The molecule has 3 rings (SSSR count). The normalized spacial score (nSPS) is 10.5. The number of esters is 1. The lowest BCUT2D eigenvalue weighted by Crippen LogP contribution is -2.15. The first-order valence-corrected chi connectivity index (χ1v) is 9.14. The van der Waals surface area contributed by atoms with Crippen molar-refractivity contribution in [2.45, 2.75) is 6.92 Å². The lowest BCUT2D eigenvalue weighted by molar-refractivity contribution is -0.145. The Morgan fingerprint density at radius 1 is 1.15 bits per heavy atom. The number of carbonyl (C=O) groups excluding carboxylic acids is 2. The lowest BCUT2D eigenvalue weighted by Gasteiger charge is -2.08. The van der Waals surface area contributed by atoms with E-state index in [0.29, 0.717) is 27.9 Å². The second kappa shape index (κ2) is 8.21. The van der Waals surface area contributed by atoms with Crippen LogP contribution in [0.5, 0.6) is 5.75 Å². The highest BCUT2D eigenvalue weighted by Gasteiger charge is 2.17.